The number of carbonyl (C=O) groups excluding carboxylic acids is 2. The van der Waals surface area contributed by atoms with Crippen LogP contribution in [0.15, 0.2) is 60.2 Å². The van der Waals surface area contributed by atoms with E-state index in [-0.39, 0.29) is 33.9 Å². The van der Waals surface area contributed by atoms with E-state index in [0.29, 0.717) is 22.0 Å². The van der Waals surface area contributed by atoms with Crippen molar-refractivity contribution in [1.29, 1.82) is 5.26 Å². The molecule has 3 aromatic rings. The quantitative estimate of drug-likeness (QED) is 0.260. The van der Waals surface area contributed by atoms with Crippen LogP contribution in [-0.2, 0) is 9.59 Å². The standard InChI is InChI=1S/C26H20Cl3N3O3/c1-15-4-3-5-23(16(15)2)32-24(33)14-35-25-21(28)11-17(12-22(25)29)10-18(13-30)26(34)31-20-8-6-19(27)7-9-20/h3-12H,14H2,1-2H3,(H,31,34)(H,32,33)/b18-10-. The number of carbonyl (C=O) groups is 2. The van der Waals surface area contributed by atoms with Crippen LogP contribution in [0.4, 0.5) is 11.4 Å². The van der Waals surface area contributed by atoms with Crippen LogP contribution in [0.5, 0.6) is 5.75 Å². The number of halogens is 3. The smallest absolute Gasteiger partial charge is 0.266 e. The molecule has 0 saturated heterocycles. The van der Waals surface area contributed by atoms with Crippen molar-refractivity contribution in [3.8, 4) is 11.8 Å². The average Bonchev–Trinajstić information content (AvgIpc) is 2.81. The van der Waals surface area contributed by atoms with Gasteiger partial charge in [-0.1, -0.05) is 46.9 Å². The number of hydrogen-bond acceptors (Lipinski definition) is 4. The first-order chi connectivity index (χ1) is 16.7. The summed E-state index contributed by atoms with van der Waals surface area (Å²) in [6.07, 6.45) is 1.35. The number of rotatable bonds is 7. The molecule has 0 bridgehead atoms. The van der Waals surface area contributed by atoms with Gasteiger partial charge in [0.15, 0.2) is 12.4 Å². The molecule has 3 rings (SSSR count). The van der Waals surface area contributed by atoms with Crippen molar-refractivity contribution in [2.45, 2.75) is 13.8 Å². The van der Waals surface area contributed by atoms with Gasteiger partial charge >= 0.3 is 0 Å². The van der Waals surface area contributed by atoms with Crippen molar-refractivity contribution in [3.05, 3.63) is 91.9 Å². The minimum atomic E-state index is -0.606. The molecule has 2 amide bonds. The maximum atomic E-state index is 12.5. The minimum Gasteiger partial charge on any atom is -0.481 e. The van der Waals surface area contributed by atoms with Gasteiger partial charge in [-0.25, -0.2) is 0 Å². The number of aryl methyl sites for hydroxylation is 1. The lowest BCUT2D eigenvalue weighted by Crippen LogP contribution is -2.21. The zero-order chi connectivity index (χ0) is 25.5. The zero-order valence-electron chi connectivity index (χ0n) is 18.8. The molecule has 0 aliphatic carbocycles. The summed E-state index contributed by atoms with van der Waals surface area (Å²) < 4.78 is 5.54. The molecular formula is C26H20Cl3N3O3. The van der Waals surface area contributed by atoms with E-state index in [1.165, 1.54) is 18.2 Å². The summed E-state index contributed by atoms with van der Waals surface area (Å²) in [6, 6.07) is 16.9. The molecule has 3 aromatic carbocycles. The Morgan fingerprint density at radius 1 is 1.00 bits per heavy atom. The van der Waals surface area contributed by atoms with Crippen LogP contribution in [0, 0.1) is 25.2 Å². The van der Waals surface area contributed by atoms with Gasteiger partial charge in [-0.2, -0.15) is 5.26 Å². The van der Waals surface area contributed by atoms with Crippen molar-refractivity contribution in [2.75, 3.05) is 17.2 Å². The van der Waals surface area contributed by atoms with Crippen LogP contribution in [0.3, 0.4) is 0 Å². The van der Waals surface area contributed by atoms with Crippen LogP contribution < -0.4 is 15.4 Å². The van der Waals surface area contributed by atoms with E-state index in [4.69, 9.17) is 39.5 Å². The number of amides is 2. The second-order valence-electron chi connectivity index (χ2n) is 7.53. The summed E-state index contributed by atoms with van der Waals surface area (Å²) in [7, 11) is 0. The Morgan fingerprint density at radius 3 is 2.29 bits per heavy atom. The zero-order valence-corrected chi connectivity index (χ0v) is 21.1. The fraction of sp³-hybridized carbons (Fsp3) is 0.115. The molecule has 0 atom stereocenters. The van der Waals surface area contributed by atoms with Gasteiger partial charge in [0.25, 0.3) is 11.8 Å². The predicted octanol–water partition coefficient (Wildman–Crippen LogP) is 6.83. The van der Waals surface area contributed by atoms with Crippen molar-refractivity contribution in [3.63, 3.8) is 0 Å². The summed E-state index contributed by atoms with van der Waals surface area (Å²) in [5.74, 6) is -0.864. The van der Waals surface area contributed by atoms with E-state index in [9.17, 15) is 14.9 Å². The van der Waals surface area contributed by atoms with E-state index >= 15 is 0 Å². The largest absolute Gasteiger partial charge is 0.481 e. The second kappa shape index (κ2) is 11.8. The number of nitriles is 1. The molecule has 0 saturated carbocycles. The number of nitrogens with one attached hydrogen (secondary N) is 2. The average molecular weight is 529 g/mol. The SMILES string of the molecule is Cc1cccc(NC(=O)COc2c(Cl)cc(/C=C(/C#N)C(=O)Nc3ccc(Cl)cc3)cc2Cl)c1C. The van der Waals surface area contributed by atoms with Crippen LogP contribution in [0.1, 0.15) is 16.7 Å². The van der Waals surface area contributed by atoms with Crippen molar-refractivity contribution >= 4 is 64.1 Å². The Labute approximate surface area is 218 Å². The molecule has 35 heavy (non-hydrogen) atoms. The number of nitrogens with zero attached hydrogens (tertiary/aromatic N) is 1. The first kappa shape index (κ1) is 26.1. The van der Waals surface area contributed by atoms with Gasteiger partial charge in [-0.15, -0.1) is 0 Å². The lowest BCUT2D eigenvalue weighted by molar-refractivity contribution is -0.118. The van der Waals surface area contributed by atoms with E-state index < -0.39 is 5.91 Å². The van der Waals surface area contributed by atoms with Gasteiger partial charge < -0.3 is 15.4 Å². The highest BCUT2D eigenvalue weighted by Crippen LogP contribution is 2.35. The molecule has 6 nitrogen and oxygen atoms in total. The highest BCUT2D eigenvalue weighted by Gasteiger charge is 2.15. The fourth-order valence-electron chi connectivity index (χ4n) is 3.06. The van der Waals surface area contributed by atoms with Gasteiger partial charge in [-0.3, -0.25) is 9.59 Å². The number of anilines is 2. The molecule has 0 unspecified atom stereocenters. The van der Waals surface area contributed by atoms with Crippen molar-refractivity contribution in [1.82, 2.24) is 0 Å². The Hall–Kier alpha value is -3.50. The summed E-state index contributed by atoms with van der Waals surface area (Å²) in [6.45, 7) is 3.56. The lowest BCUT2D eigenvalue weighted by atomic mass is 10.1. The third-order valence-electron chi connectivity index (χ3n) is 5.03. The third kappa shape index (κ3) is 7.00. The normalized spacial score (nSPS) is 10.9. The van der Waals surface area contributed by atoms with Crippen molar-refractivity contribution in [2.24, 2.45) is 0 Å². The molecule has 2 N–H and O–H groups in total. The monoisotopic (exact) mass is 527 g/mol. The van der Waals surface area contributed by atoms with Crippen LogP contribution in [0.2, 0.25) is 15.1 Å². The highest BCUT2D eigenvalue weighted by molar-refractivity contribution is 6.37. The maximum absolute atomic E-state index is 12.5. The Kier molecular flexibility index (Phi) is 8.78. The lowest BCUT2D eigenvalue weighted by Gasteiger charge is -2.13. The minimum absolute atomic E-state index is 0.116. The second-order valence-corrected chi connectivity index (χ2v) is 8.78. The van der Waals surface area contributed by atoms with Crippen LogP contribution >= 0.6 is 34.8 Å². The first-order valence-corrected chi connectivity index (χ1v) is 11.5. The Morgan fingerprint density at radius 2 is 1.66 bits per heavy atom. The molecule has 0 heterocycles. The highest BCUT2D eigenvalue weighted by atomic mass is 35.5. The van der Waals surface area contributed by atoms with E-state index in [1.54, 1.807) is 30.3 Å². The molecule has 0 fully saturated rings. The van der Waals surface area contributed by atoms with E-state index in [0.717, 1.165) is 11.1 Å². The van der Waals surface area contributed by atoms with E-state index in [1.807, 2.05) is 32.0 Å². The molecule has 0 radical (unpaired) electrons. The van der Waals surface area contributed by atoms with Gasteiger partial charge in [0, 0.05) is 16.4 Å². The molecule has 0 aliphatic heterocycles. The van der Waals surface area contributed by atoms with Gasteiger partial charge in [0.1, 0.15) is 11.6 Å². The predicted molar refractivity (Wildman–Crippen MR) is 140 cm³/mol. The van der Waals surface area contributed by atoms with Gasteiger partial charge in [0.2, 0.25) is 0 Å². The third-order valence-corrected chi connectivity index (χ3v) is 5.84. The first-order valence-electron chi connectivity index (χ1n) is 10.3. The molecule has 0 aliphatic rings. The summed E-state index contributed by atoms with van der Waals surface area (Å²) in [4.78, 5) is 24.8. The molecule has 0 spiro atoms. The summed E-state index contributed by atoms with van der Waals surface area (Å²) >= 11 is 18.5. The Bertz CT molecular complexity index is 1320. The number of ether oxygens (including phenoxy) is 1. The summed E-state index contributed by atoms with van der Waals surface area (Å²) in [5.41, 5.74) is 3.44. The summed E-state index contributed by atoms with van der Waals surface area (Å²) in [5, 5.41) is 15.6. The maximum Gasteiger partial charge on any atom is 0.266 e. The molecular weight excluding hydrogens is 509 g/mol. The fourth-order valence-corrected chi connectivity index (χ4v) is 3.80. The van der Waals surface area contributed by atoms with Crippen LogP contribution in [0.25, 0.3) is 6.08 Å². The van der Waals surface area contributed by atoms with Gasteiger partial charge in [-0.05, 0) is 79.1 Å². The topological polar surface area (TPSA) is 91.2 Å². The van der Waals surface area contributed by atoms with E-state index in [2.05, 4.69) is 10.6 Å². The van der Waals surface area contributed by atoms with Crippen molar-refractivity contribution < 1.29 is 14.3 Å². The van der Waals surface area contributed by atoms with Crippen LogP contribution in [-0.4, -0.2) is 18.4 Å². The number of hydrogen-bond donors (Lipinski definition) is 2. The molecule has 9 heteroatoms. The molecule has 0 aromatic heterocycles. The molecule has 178 valence electrons. The number of benzene rings is 3. The van der Waals surface area contributed by atoms with Gasteiger partial charge in [0.05, 0.1) is 10.0 Å². The Balaban J connectivity index is 1.70.